The summed E-state index contributed by atoms with van der Waals surface area (Å²) in [5.41, 5.74) is 2.24. The molecular weight excluding hydrogens is 444 g/mol. The van der Waals surface area contributed by atoms with Gasteiger partial charge >= 0.3 is 0 Å². The average Bonchev–Trinajstić information content (AvgIpc) is 3.53. The molecule has 3 N–H and O–H groups in total. The van der Waals surface area contributed by atoms with Gasteiger partial charge in [-0.3, -0.25) is 9.59 Å². The van der Waals surface area contributed by atoms with E-state index >= 15 is 0 Å². The molecule has 4 atom stereocenters. The Morgan fingerprint density at radius 1 is 1.03 bits per heavy atom. The molecule has 5 rings (SSSR count). The molecule has 2 aromatic rings. The minimum atomic E-state index is -0.984. The number of fused-ring (bicyclic) bond motifs is 3. The molecule has 7 heteroatoms. The standard InChI is InChI=1S/C28H32N2O5/c31-15-14-29-28(34)21-17-22(26(33)27-25(21)20-12-6-7-13-23(20)35-27)30(19-10-4-5-11-19)24(32)16-18-8-2-1-3-9-18/h1-3,6-9,12-13,17,19,22,25-27,31,33H,4-5,10-11,14-16H2,(H,29,34). The summed E-state index contributed by atoms with van der Waals surface area (Å²) in [5.74, 6) is -0.169. The van der Waals surface area contributed by atoms with Crippen molar-refractivity contribution in [3.05, 3.63) is 77.4 Å². The van der Waals surface area contributed by atoms with Gasteiger partial charge in [0.25, 0.3) is 0 Å². The van der Waals surface area contributed by atoms with Crippen LogP contribution in [0.3, 0.4) is 0 Å². The van der Waals surface area contributed by atoms with E-state index in [1.165, 1.54) is 0 Å². The molecule has 184 valence electrons. The predicted octanol–water partition coefficient (Wildman–Crippen LogP) is 2.32. The number of para-hydroxylation sites is 1. The lowest BCUT2D eigenvalue weighted by molar-refractivity contribution is -0.139. The maximum Gasteiger partial charge on any atom is 0.247 e. The second-order valence-corrected chi connectivity index (χ2v) is 9.58. The van der Waals surface area contributed by atoms with Crippen LogP contribution in [0.5, 0.6) is 5.75 Å². The fourth-order valence-electron chi connectivity index (χ4n) is 5.82. The van der Waals surface area contributed by atoms with Gasteiger partial charge < -0.3 is 25.2 Å². The first-order chi connectivity index (χ1) is 17.1. The van der Waals surface area contributed by atoms with Crippen LogP contribution in [0.2, 0.25) is 0 Å². The Bertz CT molecular complexity index is 1100. The van der Waals surface area contributed by atoms with Gasteiger partial charge in [0.2, 0.25) is 11.8 Å². The number of carbonyl (C=O) groups is 2. The number of hydrogen-bond donors (Lipinski definition) is 3. The van der Waals surface area contributed by atoms with Gasteiger partial charge in [0.05, 0.1) is 25.0 Å². The van der Waals surface area contributed by atoms with Crippen LogP contribution in [0.4, 0.5) is 0 Å². The van der Waals surface area contributed by atoms with Gasteiger partial charge in [-0.1, -0.05) is 61.4 Å². The lowest BCUT2D eigenvalue weighted by Crippen LogP contribution is -2.58. The fraction of sp³-hybridized carbons (Fsp3) is 0.429. The Hall–Kier alpha value is -3.16. The normalized spacial score (nSPS) is 25.3. The minimum absolute atomic E-state index is 0.00388. The first-order valence-corrected chi connectivity index (χ1v) is 12.5. The van der Waals surface area contributed by atoms with E-state index in [0.29, 0.717) is 11.3 Å². The quantitative estimate of drug-likeness (QED) is 0.570. The summed E-state index contributed by atoms with van der Waals surface area (Å²) in [6.45, 7) is -0.0431. The smallest absolute Gasteiger partial charge is 0.247 e. The van der Waals surface area contributed by atoms with Crippen molar-refractivity contribution in [2.45, 2.75) is 62.3 Å². The van der Waals surface area contributed by atoms with E-state index < -0.39 is 24.2 Å². The molecule has 4 unspecified atom stereocenters. The third-order valence-corrected chi connectivity index (χ3v) is 7.40. The van der Waals surface area contributed by atoms with Gasteiger partial charge in [-0.25, -0.2) is 0 Å². The number of aliphatic hydroxyl groups excluding tert-OH is 2. The molecule has 2 aliphatic carbocycles. The van der Waals surface area contributed by atoms with Crippen molar-refractivity contribution >= 4 is 11.8 Å². The molecule has 0 aromatic heterocycles. The fourth-order valence-corrected chi connectivity index (χ4v) is 5.82. The number of rotatable bonds is 7. The second kappa shape index (κ2) is 10.2. The van der Waals surface area contributed by atoms with Crippen molar-refractivity contribution in [1.29, 1.82) is 0 Å². The van der Waals surface area contributed by atoms with Crippen LogP contribution in [0.15, 0.2) is 66.2 Å². The molecule has 35 heavy (non-hydrogen) atoms. The van der Waals surface area contributed by atoms with E-state index in [1.54, 1.807) is 6.08 Å². The average molecular weight is 477 g/mol. The molecule has 0 spiro atoms. The van der Waals surface area contributed by atoms with Gasteiger partial charge in [0, 0.05) is 23.7 Å². The van der Waals surface area contributed by atoms with Gasteiger partial charge in [0.1, 0.15) is 18.0 Å². The van der Waals surface area contributed by atoms with E-state index in [2.05, 4.69) is 5.32 Å². The van der Waals surface area contributed by atoms with E-state index in [9.17, 15) is 19.8 Å². The van der Waals surface area contributed by atoms with Crippen molar-refractivity contribution in [2.75, 3.05) is 13.2 Å². The number of aliphatic hydroxyl groups is 2. The largest absolute Gasteiger partial charge is 0.486 e. The summed E-state index contributed by atoms with van der Waals surface area (Å²) >= 11 is 0. The molecule has 1 heterocycles. The topological polar surface area (TPSA) is 99.1 Å². The number of nitrogens with one attached hydrogen (secondary N) is 1. The highest BCUT2D eigenvalue weighted by molar-refractivity contribution is 5.96. The van der Waals surface area contributed by atoms with Gasteiger partial charge in [-0.15, -0.1) is 0 Å². The molecule has 0 saturated heterocycles. The van der Waals surface area contributed by atoms with E-state index in [1.807, 2.05) is 59.5 Å². The Morgan fingerprint density at radius 3 is 2.49 bits per heavy atom. The molecule has 0 radical (unpaired) electrons. The first-order valence-electron chi connectivity index (χ1n) is 12.5. The zero-order chi connectivity index (χ0) is 24.4. The third-order valence-electron chi connectivity index (χ3n) is 7.40. The van der Waals surface area contributed by atoms with Crippen molar-refractivity contribution in [3.8, 4) is 5.75 Å². The van der Waals surface area contributed by atoms with E-state index in [-0.39, 0.29) is 37.4 Å². The summed E-state index contributed by atoms with van der Waals surface area (Å²) < 4.78 is 6.19. The Kier molecular flexibility index (Phi) is 6.88. The zero-order valence-corrected chi connectivity index (χ0v) is 19.7. The van der Waals surface area contributed by atoms with E-state index in [4.69, 9.17) is 4.74 Å². The lowest BCUT2D eigenvalue weighted by atomic mass is 9.77. The van der Waals surface area contributed by atoms with Crippen LogP contribution in [0.1, 0.15) is 42.7 Å². The van der Waals surface area contributed by atoms with Crippen molar-refractivity contribution in [3.63, 3.8) is 0 Å². The lowest BCUT2D eigenvalue weighted by Gasteiger charge is -2.43. The van der Waals surface area contributed by atoms with Crippen LogP contribution in [-0.4, -0.2) is 64.4 Å². The highest BCUT2D eigenvalue weighted by Gasteiger charge is 2.51. The van der Waals surface area contributed by atoms with Crippen LogP contribution >= 0.6 is 0 Å². The summed E-state index contributed by atoms with van der Waals surface area (Å²) in [4.78, 5) is 28.8. The summed E-state index contributed by atoms with van der Waals surface area (Å²) in [6.07, 6.45) is 4.15. The molecular formula is C28H32N2O5. The number of hydrogen-bond acceptors (Lipinski definition) is 5. The zero-order valence-electron chi connectivity index (χ0n) is 19.7. The number of ether oxygens (including phenoxy) is 1. The van der Waals surface area contributed by atoms with E-state index in [0.717, 1.165) is 36.8 Å². The third kappa shape index (κ3) is 4.58. The van der Waals surface area contributed by atoms with Crippen LogP contribution in [0, 0.1) is 0 Å². The van der Waals surface area contributed by atoms with Crippen molar-refractivity contribution in [1.82, 2.24) is 10.2 Å². The molecule has 1 saturated carbocycles. The van der Waals surface area contributed by atoms with Gasteiger partial charge in [-0.05, 0) is 30.5 Å². The monoisotopic (exact) mass is 476 g/mol. The second-order valence-electron chi connectivity index (χ2n) is 9.58. The highest BCUT2D eigenvalue weighted by atomic mass is 16.5. The molecule has 0 bridgehead atoms. The molecule has 7 nitrogen and oxygen atoms in total. The number of nitrogens with zero attached hydrogens (tertiary/aromatic N) is 1. The predicted molar refractivity (Wildman–Crippen MR) is 131 cm³/mol. The molecule has 1 fully saturated rings. The Morgan fingerprint density at radius 2 is 1.74 bits per heavy atom. The van der Waals surface area contributed by atoms with Crippen molar-refractivity contribution < 1.29 is 24.5 Å². The maximum atomic E-state index is 13.7. The SMILES string of the molecule is O=C(NCCO)C1=CC(N(C(=O)Cc2ccccc2)C2CCCC2)C(O)C2Oc3ccccc3C12. The number of benzene rings is 2. The van der Waals surface area contributed by atoms with Crippen LogP contribution in [-0.2, 0) is 16.0 Å². The summed E-state index contributed by atoms with van der Waals surface area (Å²) in [7, 11) is 0. The Labute approximate surface area is 205 Å². The van der Waals surface area contributed by atoms with Crippen molar-refractivity contribution in [2.24, 2.45) is 0 Å². The Balaban J connectivity index is 1.53. The minimum Gasteiger partial charge on any atom is -0.486 e. The van der Waals surface area contributed by atoms with Gasteiger partial charge in [0.15, 0.2) is 0 Å². The number of amides is 2. The molecule has 3 aliphatic rings. The van der Waals surface area contributed by atoms with Gasteiger partial charge in [-0.2, -0.15) is 0 Å². The van der Waals surface area contributed by atoms with Crippen LogP contribution in [0.25, 0.3) is 0 Å². The molecule has 2 aromatic carbocycles. The highest BCUT2D eigenvalue weighted by Crippen LogP contribution is 2.47. The van der Waals surface area contributed by atoms with Crippen LogP contribution < -0.4 is 10.1 Å². The maximum absolute atomic E-state index is 13.7. The number of carbonyl (C=O) groups excluding carboxylic acids is 2. The molecule has 2 amide bonds. The first kappa shape index (κ1) is 23.6. The molecule has 1 aliphatic heterocycles. The summed E-state index contributed by atoms with van der Waals surface area (Å²) in [6, 6.07) is 16.4. The summed E-state index contributed by atoms with van der Waals surface area (Å²) in [5, 5.41) is 23.6.